The van der Waals surface area contributed by atoms with Gasteiger partial charge in [0.1, 0.15) is 19.3 Å². The molecule has 0 saturated carbocycles. The summed E-state index contributed by atoms with van der Waals surface area (Å²) >= 11 is 0. The first-order valence-electron chi connectivity index (χ1n) is 37.6. The van der Waals surface area contributed by atoms with Crippen molar-refractivity contribution in [3.8, 4) is 0 Å². The molecule has 0 aromatic rings. The number of esters is 4. The summed E-state index contributed by atoms with van der Waals surface area (Å²) in [5.74, 6) is -1.37. The zero-order chi connectivity index (χ0) is 67.0. The average Bonchev–Trinajstić information content (AvgIpc) is 3.68. The minimum absolute atomic E-state index is 0.108. The van der Waals surface area contributed by atoms with Crippen LogP contribution in [0.15, 0.2) is 0 Å². The molecule has 5 atom stereocenters. The molecule has 19 heteroatoms. The van der Waals surface area contributed by atoms with Crippen molar-refractivity contribution in [1.29, 1.82) is 0 Å². The molecule has 0 spiro atoms. The number of aliphatic hydroxyl groups excluding tert-OH is 1. The molecule has 0 radical (unpaired) electrons. The Morgan fingerprint density at radius 1 is 0.297 bits per heavy atom. The first-order chi connectivity index (χ1) is 44.0. The van der Waals surface area contributed by atoms with Gasteiger partial charge < -0.3 is 33.8 Å². The first-order valence-corrected chi connectivity index (χ1v) is 40.6. The number of rotatable bonds is 72. The third-order valence-electron chi connectivity index (χ3n) is 16.8. The molecule has 0 aliphatic rings. The second-order valence-electron chi connectivity index (χ2n) is 26.5. The fourth-order valence-corrected chi connectivity index (χ4v) is 12.6. The highest BCUT2D eigenvalue weighted by molar-refractivity contribution is 7.47. The van der Waals surface area contributed by atoms with Gasteiger partial charge in [-0.25, -0.2) is 9.13 Å². The summed E-state index contributed by atoms with van der Waals surface area (Å²) in [6.07, 6.45) is 52.5. The van der Waals surface area contributed by atoms with Crippen molar-refractivity contribution in [1.82, 2.24) is 0 Å². The lowest BCUT2D eigenvalue weighted by molar-refractivity contribution is -0.161. The normalized spacial score (nSPS) is 14.0. The summed E-state index contributed by atoms with van der Waals surface area (Å²) in [5.41, 5.74) is 0. The summed E-state index contributed by atoms with van der Waals surface area (Å²) in [6, 6.07) is 0. The van der Waals surface area contributed by atoms with Gasteiger partial charge in [0.2, 0.25) is 0 Å². The summed E-state index contributed by atoms with van der Waals surface area (Å²) in [6.45, 7) is 7.25. The molecule has 0 aromatic heterocycles. The third-order valence-corrected chi connectivity index (χ3v) is 18.7. The zero-order valence-electron chi connectivity index (χ0n) is 59.0. The van der Waals surface area contributed by atoms with Gasteiger partial charge in [0, 0.05) is 25.7 Å². The Morgan fingerprint density at radius 2 is 0.505 bits per heavy atom. The van der Waals surface area contributed by atoms with E-state index in [4.69, 9.17) is 37.0 Å². The van der Waals surface area contributed by atoms with Gasteiger partial charge in [-0.05, 0) is 31.6 Å². The highest BCUT2D eigenvalue weighted by Crippen LogP contribution is 2.45. The Morgan fingerprint density at radius 3 is 0.747 bits per heavy atom. The van der Waals surface area contributed by atoms with E-state index < -0.39 is 97.5 Å². The Hall–Kier alpha value is -1.94. The van der Waals surface area contributed by atoms with E-state index in [1.165, 1.54) is 199 Å². The van der Waals surface area contributed by atoms with Crippen LogP contribution >= 0.6 is 15.6 Å². The number of phosphoric acid groups is 2. The molecule has 0 aliphatic carbocycles. The molecule has 2 unspecified atom stereocenters. The molecule has 0 bridgehead atoms. The molecule has 0 amide bonds. The molecule has 540 valence electrons. The Balaban J connectivity index is 5.24. The van der Waals surface area contributed by atoms with Crippen LogP contribution in [0.2, 0.25) is 0 Å². The van der Waals surface area contributed by atoms with Crippen LogP contribution in [-0.2, 0) is 65.4 Å². The number of carbonyl (C=O) groups excluding carboxylic acids is 4. The van der Waals surface area contributed by atoms with Gasteiger partial charge in [-0.3, -0.25) is 37.3 Å². The minimum atomic E-state index is -4.95. The SMILES string of the molecule is CCCCCCCCCCCCCCCCCCC(=O)O[C@H](COC(=O)CCCCCCCCCCCC(C)C)COP(=O)(O)OC[C@@H](O)COP(=O)(O)OC[C@@H](COC(=O)CCCCCCCCCCCCC)OC(=O)CCCCCCCCCCCCCC. The highest BCUT2D eigenvalue weighted by Gasteiger charge is 2.30. The van der Waals surface area contributed by atoms with Crippen molar-refractivity contribution >= 4 is 39.5 Å². The minimum Gasteiger partial charge on any atom is -0.462 e. The molecule has 3 N–H and O–H groups in total. The monoisotopic (exact) mass is 1340 g/mol. The molecule has 0 aromatic carbocycles. The van der Waals surface area contributed by atoms with Crippen molar-refractivity contribution in [2.45, 2.75) is 393 Å². The number of hydrogen-bond donors (Lipinski definition) is 3. The number of phosphoric ester groups is 2. The molecular weight excluding hydrogens is 1200 g/mol. The largest absolute Gasteiger partial charge is 0.472 e. The van der Waals surface area contributed by atoms with E-state index in [1.807, 2.05) is 0 Å². The van der Waals surface area contributed by atoms with E-state index in [-0.39, 0.29) is 25.7 Å². The van der Waals surface area contributed by atoms with E-state index in [0.717, 1.165) is 95.8 Å². The Bertz CT molecular complexity index is 1750. The maximum absolute atomic E-state index is 13.0. The van der Waals surface area contributed by atoms with Crippen LogP contribution in [0.1, 0.15) is 375 Å². The summed E-state index contributed by atoms with van der Waals surface area (Å²) in [5, 5.41) is 10.6. The second kappa shape index (κ2) is 65.4. The summed E-state index contributed by atoms with van der Waals surface area (Å²) < 4.78 is 68.4. The quantitative estimate of drug-likeness (QED) is 0.0222. The van der Waals surface area contributed by atoms with E-state index in [1.54, 1.807) is 0 Å². The van der Waals surface area contributed by atoms with Gasteiger partial charge in [0.25, 0.3) is 0 Å². The van der Waals surface area contributed by atoms with E-state index >= 15 is 0 Å². The van der Waals surface area contributed by atoms with Gasteiger partial charge in [0.15, 0.2) is 12.2 Å². The molecule has 0 heterocycles. The standard InChI is InChI=1S/C72H140O17P2/c1-6-9-12-15-18-21-24-26-27-28-29-32-37-43-48-53-58-72(77)89-68(62-83-70(75)56-51-46-41-38-33-34-39-44-49-54-65(4)5)64-87-91(80,81)85-60-66(73)59-84-90(78,79)86-63-67(61-82-69(74)55-50-45-40-35-30-23-20-17-14-11-8-3)88-71(76)57-52-47-42-36-31-25-22-19-16-13-10-7-2/h65-68,73H,6-64H2,1-5H3,(H,78,79)(H,80,81)/t66-,67+,68+/m0/s1. The van der Waals surface area contributed by atoms with Gasteiger partial charge in [-0.2, -0.15) is 0 Å². The second-order valence-corrected chi connectivity index (χ2v) is 29.4. The van der Waals surface area contributed by atoms with Crippen LogP contribution in [0, 0.1) is 5.92 Å². The lowest BCUT2D eigenvalue weighted by Gasteiger charge is -2.21. The molecule has 0 fully saturated rings. The van der Waals surface area contributed by atoms with Crippen LogP contribution in [0.4, 0.5) is 0 Å². The summed E-state index contributed by atoms with van der Waals surface area (Å²) in [4.78, 5) is 72.6. The van der Waals surface area contributed by atoms with Crippen molar-refractivity contribution in [2.24, 2.45) is 5.92 Å². The predicted octanol–water partition coefficient (Wildman–Crippen LogP) is 20.9. The Kier molecular flexibility index (Phi) is 64.0. The zero-order valence-corrected chi connectivity index (χ0v) is 60.8. The summed E-state index contributed by atoms with van der Waals surface area (Å²) in [7, 11) is -9.90. The maximum atomic E-state index is 13.0. The molecule has 0 rings (SSSR count). The smallest absolute Gasteiger partial charge is 0.462 e. The third kappa shape index (κ3) is 66.5. The lowest BCUT2D eigenvalue weighted by Crippen LogP contribution is -2.30. The van der Waals surface area contributed by atoms with Crippen LogP contribution in [0.3, 0.4) is 0 Å². The number of ether oxygens (including phenoxy) is 4. The number of aliphatic hydroxyl groups is 1. The molecule has 91 heavy (non-hydrogen) atoms. The highest BCUT2D eigenvalue weighted by atomic mass is 31.2. The van der Waals surface area contributed by atoms with E-state index in [2.05, 4.69) is 34.6 Å². The topological polar surface area (TPSA) is 237 Å². The fraction of sp³-hybridized carbons (Fsp3) is 0.944. The molecular formula is C72H140O17P2. The molecule has 17 nitrogen and oxygen atoms in total. The van der Waals surface area contributed by atoms with Crippen molar-refractivity contribution in [3.63, 3.8) is 0 Å². The van der Waals surface area contributed by atoms with Crippen LogP contribution in [0.25, 0.3) is 0 Å². The number of carbonyl (C=O) groups is 4. The van der Waals surface area contributed by atoms with E-state index in [0.29, 0.717) is 25.7 Å². The lowest BCUT2D eigenvalue weighted by atomic mass is 10.0. The van der Waals surface area contributed by atoms with Gasteiger partial charge in [0.05, 0.1) is 26.4 Å². The average molecular weight is 1340 g/mol. The first kappa shape index (κ1) is 89.1. The van der Waals surface area contributed by atoms with Crippen LogP contribution in [0.5, 0.6) is 0 Å². The van der Waals surface area contributed by atoms with Crippen LogP contribution < -0.4 is 0 Å². The maximum Gasteiger partial charge on any atom is 0.472 e. The number of hydrogen-bond acceptors (Lipinski definition) is 15. The van der Waals surface area contributed by atoms with Crippen molar-refractivity contribution in [3.05, 3.63) is 0 Å². The van der Waals surface area contributed by atoms with Gasteiger partial charge >= 0.3 is 39.5 Å². The number of unbranched alkanes of at least 4 members (excludes halogenated alkanes) is 44. The van der Waals surface area contributed by atoms with Crippen molar-refractivity contribution in [2.75, 3.05) is 39.6 Å². The van der Waals surface area contributed by atoms with E-state index in [9.17, 15) is 43.2 Å². The van der Waals surface area contributed by atoms with Crippen molar-refractivity contribution < 1.29 is 80.2 Å². The predicted molar refractivity (Wildman–Crippen MR) is 368 cm³/mol. The van der Waals surface area contributed by atoms with Crippen LogP contribution in [-0.4, -0.2) is 96.7 Å². The Labute approximate surface area is 556 Å². The van der Waals surface area contributed by atoms with Gasteiger partial charge in [-0.15, -0.1) is 0 Å². The van der Waals surface area contributed by atoms with Gasteiger partial charge in [-0.1, -0.05) is 324 Å². The molecule has 0 aliphatic heterocycles. The molecule has 0 saturated heterocycles. The fourth-order valence-electron chi connectivity index (χ4n) is 11.0.